The van der Waals surface area contributed by atoms with Crippen molar-refractivity contribution >= 4 is 24.9 Å². The third-order valence-corrected chi connectivity index (χ3v) is 6.24. The minimum atomic E-state index is 0.257. The molecule has 0 N–H and O–H groups in total. The fourth-order valence-corrected chi connectivity index (χ4v) is 4.50. The molecule has 0 aliphatic rings. The standard InChI is InChI=1S/C22H21N3O2Se/c1-14-5-7-15(8-6-14)18-11-17-12-23-13-19(25(17)24-18)16-9-20(26-2)22(27-3)21(10-16)28-4/h5-13H,1-4H3. The average molecular weight is 438 g/mol. The molecule has 0 atom stereocenters. The van der Waals surface area contributed by atoms with E-state index in [1.165, 1.54) is 5.56 Å². The SMILES string of the molecule is COc1cc(-c2cncc3cc(-c4ccc(C)cc4)nn23)cc([Se]C)c1OC. The summed E-state index contributed by atoms with van der Waals surface area (Å²) in [5, 5.41) is 4.85. The Labute approximate surface area is 170 Å². The Morgan fingerprint density at radius 1 is 0.929 bits per heavy atom. The predicted octanol–water partition coefficient (Wildman–Crippen LogP) is 3.77. The second-order valence-corrected chi connectivity index (χ2v) is 8.22. The number of aryl methyl sites for hydroxylation is 1. The summed E-state index contributed by atoms with van der Waals surface area (Å²) >= 11 is 0.257. The van der Waals surface area contributed by atoms with Crippen LogP contribution in [0.3, 0.4) is 0 Å². The molecule has 4 rings (SSSR count). The molecule has 4 aromatic rings. The molecule has 0 saturated carbocycles. The van der Waals surface area contributed by atoms with E-state index in [4.69, 9.17) is 14.6 Å². The second-order valence-electron chi connectivity index (χ2n) is 6.44. The average Bonchev–Trinajstić information content (AvgIpc) is 3.17. The zero-order valence-corrected chi connectivity index (χ0v) is 18.0. The normalized spacial score (nSPS) is 11.0. The van der Waals surface area contributed by atoms with Crippen molar-refractivity contribution in [2.75, 3.05) is 14.2 Å². The van der Waals surface area contributed by atoms with Gasteiger partial charge in [-0.25, -0.2) is 0 Å². The van der Waals surface area contributed by atoms with Gasteiger partial charge in [0.1, 0.15) is 0 Å². The van der Waals surface area contributed by atoms with Gasteiger partial charge in [-0.15, -0.1) is 0 Å². The van der Waals surface area contributed by atoms with Gasteiger partial charge in [-0.3, -0.25) is 0 Å². The molecular weight excluding hydrogens is 417 g/mol. The van der Waals surface area contributed by atoms with Gasteiger partial charge in [0.2, 0.25) is 0 Å². The number of ether oxygens (including phenoxy) is 2. The maximum absolute atomic E-state index is 5.57. The van der Waals surface area contributed by atoms with Crippen LogP contribution in [-0.4, -0.2) is 43.8 Å². The van der Waals surface area contributed by atoms with E-state index in [-0.39, 0.29) is 15.0 Å². The van der Waals surface area contributed by atoms with E-state index in [0.29, 0.717) is 0 Å². The van der Waals surface area contributed by atoms with Crippen molar-refractivity contribution in [3.8, 4) is 34.0 Å². The number of methoxy groups -OCH3 is 2. The van der Waals surface area contributed by atoms with E-state index < -0.39 is 0 Å². The third-order valence-electron chi connectivity index (χ3n) is 4.68. The quantitative estimate of drug-likeness (QED) is 0.445. The van der Waals surface area contributed by atoms with Crippen molar-refractivity contribution < 1.29 is 9.47 Å². The number of nitrogens with zero attached hydrogens (tertiary/aromatic N) is 3. The minimum absolute atomic E-state index is 0.257. The van der Waals surface area contributed by atoms with Gasteiger partial charge in [-0.05, 0) is 0 Å². The first-order valence-corrected chi connectivity index (χ1v) is 11.4. The molecule has 2 heterocycles. The molecule has 0 bridgehead atoms. The molecule has 0 amide bonds. The molecule has 0 radical (unpaired) electrons. The first kappa shape index (κ1) is 18.5. The Kier molecular flexibility index (Phi) is 5.07. The second kappa shape index (κ2) is 7.66. The first-order chi connectivity index (χ1) is 13.6. The molecule has 0 aliphatic carbocycles. The van der Waals surface area contributed by atoms with Crippen molar-refractivity contribution in [1.82, 2.24) is 14.6 Å². The maximum atomic E-state index is 5.57. The van der Waals surface area contributed by atoms with Crippen LogP contribution in [0, 0.1) is 6.92 Å². The Morgan fingerprint density at radius 2 is 1.71 bits per heavy atom. The van der Waals surface area contributed by atoms with Gasteiger partial charge in [0.25, 0.3) is 0 Å². The van der Waals surface area contributed by atoms with Gasteiger partial charge >= 0.3 is 170 Å². The van der Waals surface area contributed by atoms with E-state index in [9.17, 15) is 0 Å². The van der Waals surface area contributed by atoms with Crippen LogP contribution in [-0.2, 0) is 0 Å². The van der Waals surface area contributed by atoms with Gasteiger partial charge in [0.15, 0.2) is 0 Å². The van der Waals surface area contributed by atoms with E-state index in [2.05, 4.69) is 54.1 Å². The van der Waals surface area contributed by atoms with E-state index >= 15 is 0 Å². The Balaban J connectivity index is 1.89. The van der Waals surface area contributed by atoms with Crippen molar-refractivity contribution in [3.63, 3.8) is 0 Å². The summed E-state index contributed by atoms with van der Waals surface area (Å²) in [5.41, 5.74) is 6.12. The van der Waals surface area contributed by atoms with Crippen LogP contribution in [0.25, 0.3) is 28.0 Å². The van der Waals surface area contributed by atoms with Crippen molar-refractivity contribution in [1.29, 1.82) is 0 Å². The van der Waals surface area contributed by atoms with Crippen LogP contribution in [0.2, 0.25) is 5.82 Å². The van der Waals surface area contributed by atoms with Crippen LogP contribution in [0.1, 0.15) is 5.56 Å². The van der Waals surface area contributed by atoms with E-state index in [1.54, 1.807) is 14.2 Å². The Bertz CT molecular complexity index is 1110. The van der Waals surface area contributed by atoms with Crippen LogP contribution in [0.5, 0.6) is 11.5 Å². The third kappa shape index (κ3) is 3.26. The van der Waals surface area contributed by atoms with Gasteiger partial charge in [0, 0.05) is 0 Å². The topological polar surface area (TPSA) is 48.7 Å². The van der Waals surface area contributed by atoms with Gasteiger partial charge in [-0.1, -0.05) is 0 Å². The summed E-state index contributed by atoms with van der Waals surface area (Å²) in [6.45, 7) is 2.08. The molecule has 0 fully saturated rings. The van der Waals surface area contributed by atoms with Gasteiger partial charge in [-0.2, -0.15) is 0 Å². The summed E-state index contributed by atoms with van der Waals surface area (Å²) in [6.07, 6.45) is 3.67. The molecular formula is C22H21N3O2Se. The molecule has 5 nitrogen and oxygen atoms in total. The molecule has 28 heavy (non-hydrogen) atoms. The zero-order valence-electron chi connectivity index (χ0n) is 16.3. The summed E-state index contributed by atoms with van der Waals surface area (Å²) in [7, 11) is 3.34. The summed E-state index contributed by atoms with van der Waals surface area (Å²) < 4.78 is 14.2. The molecule has 2 aromatic heterocycles. The van der Waals surface area contributed by atoms with E-state index in [0.717, 1.165) is 44.0 Å². The Hall–Kier alpha value is -2.82. The number of hydrogen-bond donors (Lipinski definition) is 0. The number of aromatic nitrogens is 3. The molecule has 0 spiro atoms. The predicted molar refractivity (Wildman–Crippen MR) is 113 cm³/mol. The zero-order chi connectivity index (χ0) is 19.7. The monoisotopic (exact) mass is 439 g/mol. The summed E-state index contributed by atoms with van der Waals surface area (Å²) in [4.78, 5) is 4.44. The molecule has 2 aromatic carbocycles. The molecule has 0 unspecified atom stereocenters. The van der Waals surface area contributed by atoms with Crippen LogP contribution < -0.4 is 13.9 Å². The number of fused-ring (bicyclic) bond motifs is 1. The Morgan fingerprint density at radius 3 is 2.39 bits per heavy atom. The number of benzene rings is 2. The number of rotatable bonds is 5. The fraction of sp³-hybridized carbons (Fsp3) is 0.182. The summed E-state index contributed by atoms with van der Waals surface area (Å²) in [5.74, 6) is 3.69. The van der Waals surface area contributed by atoms with Crippen molar-refractivity contribution in [2.45, 2.75) is 12.7 Å². The van der Waals surface area contributed by atoms with Crippen molar-refractivity contribution in [3.05, 3.63) is 60.4 Å². The summed E-state index contributed by atoms with van der Waals surface area (Å²) in [6, 6.07) is 14.6. The van der Waals surface area contributed by atoms with Gasteiger partial charge < -0.3 is 0 Å². The van der Waals surface area contributed by atoms with Crippen LogP contribution in [0.15, 0.2) is 54.9 Å². The van der Waals surface area contributed by atoms with Crippen molar-refractivity contribution in [2.24, 2.45) is 0 Å². The van der Waals surface area contributed by atoms with Crippen LogP contribution >= 0.6 is 0 Å². The van der Waals surface area contributed by atoms with E-state index in [1.807, 2.05) is 23.0 Å². The first-order valence-electron chi connectivity index (χ1n) is 8.86. The number of hydrogen-bond acceptors (Lipinski definition) is 4. The molecule has 142 valence electrons. The molecule has 0 saturated heterocycles. The van der Waals surface area contributed by atoms with Gasteiger partial charge in [0.05, 0.1) is 0 Å². The van der Waals surface area contributed by atoms with Crippen LogP contribution in [0.4, 0.5) is 0 Å². The molecule has 0 aliphatic heterocycles. The molecule has 6 heteroatoms. The fourth-order valence-electron chi connectivity index (χ4n) is 3.21.